The van der Waals surface area contributed by atoms with E-state index >= 15 is 0 Å². The Morgan fingerprint density at radius 2 is 2.17 bits per heavy atom. The molecule has 0 aliphatic carbocycles. The first-order valence-corrected chi connectivity index (χ1v) is 10.2. The van der Waals surface area contributed by atoms with Crippen LogP contribution in [-0.2, 0) is 11.3 Å². The number of aromatic nitrogens is 2. The lowest BCUT2D eigenvalue weighted by Gasteiger charge is -2.51. The standard InChI is InChI=1S/C21H30N4O4/c1-14-16(15(2)29-24-14)11-25-9-6-21(7-10-25)13-20(3,27)18(12-28-21)23-19(26)17-5-4-8-22-17/h4-5,8,18,22,27H,6-7,9-13H2,1-3H3,(H,23,26)/t18-,20-/m0/s1. The maximum absolute atomic E-state index is 12.4. The van der Waals surface area contributed by atoms with Gasteiger partial charge in [0.1, 0.15) is 11.5 Å². The van der Waals surface area contributed by atoms with Crippen LogP contribution in [0.5, 0.6) is 0 Å². The van der Waals surface area contributed by atoms with Crippen molar-refractivity contribution >= 4 is 5.91 Å². The number of rotatable bonds is 4. The molecule has 2 aliphatic heterocycles. The Bertz CT molecular complexity index is 831. The first-order valence-electron chi connectivity index (χ1n) is 10.2. The van der Waals surface area contributed by atoms with Gasteiger partial charge >= 0.3 is 0 Å². The third kappa shape index (κ3) is 4.10. The van der Waals surface area contributed by atoms with Crippen LogP contribution in [0.1, 0.15) is 53.7 Å². The van der Waals surface area contributed by atoms with Crippen LogP contribution in [0.4, 0.5) is 0 Å². The van der Waals surface area contributed by atoms with Gasteiger partial charge in [-0.05, 0) is 45.7 Å². The quantitative estimate of drug-likeness (QED) is 0.722. The van der Waals surface area contributed by atoms with E-state index in [9.17, 15) is 9.90 Å². The average Bonchev–Trinajstić information content (AvgIpc) is 3.32. The van der Waals surface area contributed by atoms with E-state index in [2.05, 4.69) is 20.4 Å². The molecule has 8 nitrogen and oxygen atoms in total. The fourth-order valence-corrected chi connectivity index (χ4v) is 4.56. The largest absolute Gasteiger partial charge is 0.388 e. The van der Waals surface area contributed by atoms with E-state index in [1.165, 1.54) is 0 Å². The highest BCUT2D eigenvalue weighted by Crippen LogP contribution is 2.40. The van der Waals surface area contributed by atoms with Gasteiger partial charge in [-0.2, -0.15) is 0 Å². The lowest BCUT2D eigenvalue weighted by Crippen LogP contribution is -2.63. The minimum absolute atomic E-state index is 0.228. The van der Waals surface area contributed by atoms with Gasteiger partial charge in [0, 0.05) is 37.8 Å². The number of likely N-dealkylation sites (tertiary alicyclic amines) is 1. The Morgan fingerprint density at radius 3 is 2.76 bits per heavy atom. The van der Waals surface area contributed by atoms with E-state index in [1.54, 1.807) is 25.3 Å². The van der Waals surface area contributed by atoms with Crippen molar-refractivity contribution in [2.45, 2.75) is 63.8 Å². The lowest BCUT2D eigenvalue weighted by molar-refractivity contribution is -0.186. The summed E-state index contributed by atoms with van der Waals surface area (Å²) in [7, 11) is 0. The van der Waals surface area contributed by atoms with Crippen molar-refractivity contribution in [1.29, 1.82) is 0 Å². The number of aryl methyl sites for hydroxylation is 2. The third-order valence-electron chi connectivity index (χ3n) is 6.47. The SMILES string of the molecule is Cc1noc(C)c1CN1CCC2(CC1)C[C@](C)(O)[C@@H](NC(=O)c1ccc[nH]1)CO2. The predicted octanol–water partition coefficient (Wildman–Crippen LogP) is 1.92. The topological polar surface area (TPSA) is 104 Å². The minimum atomic E-state index is -1.02. The molecule has 0 unspecified atom stereocenters. The van der Waals surface area contributed by atoms with Gasteiger partial charge in [0.2, 0.25) is 0 Å². The van der Waals surface area contributed by atoms with Gasteiger partial charge in [-0.3, -0.25) is 9.69 Å². The summed E-state index contributed by atoms with van der Waals surface area (Å²) < 4.78 is 11.5. The second-order valence-corrected chi connectivity index (χ2v) is 8.72. The molecule has 2 atom stereocenters. The number of aromatic amines is 1. The fourth-order valence-electron chi connectivity index (χ4n) is 4.56. The van der Waals surface area contributed by atoms with Crippen LogP contribution in [0.15, 0.2) is 22.9 Å². The predicted molar refractivity (Wildman–Crippen MR) is 106 cm³/mol. The molecule has 2 aromatic heterocycles. The fraction of sp³-hybridized carbons (Fsp3) is 0.619. The first-order chi connectivity index (χ1) is 13.8. The summed E-state index contributed by atoms with van der Waals surface area (Å²) in [6, 6.07) is 3.05. The van der Waals surface area contributed by atoms with Crippen LogP contribution in [0.3, 0.4) is 0 Å². The second-order valence-electron chi connectivity index (χ2n) is 8.72. The Balaban J connectivity index is 1.35. The zero-order chi connectivity index (χ0) is 20.6. The number of aliphatic hydroxyl groups is 1. The van der Waals surface area contributed by atoms with Crippen molar-refractivity contribution in [3.63, 3.8) is 0 Å². The van der Waals surface area contributed by atoms with Gasteiger partial charge < -0.3 is 24.7 Å². The highest BCUT2D eigenvalue weighted by atomic mass is 16.5. The van der Waals surface area contributed by atoms with Gasteiger partial charge in [-0.25, -0.2) is 0 Å². The monoisotopic (exact) mass is 402 g/mol. The number of nitrogens with one attached hydrogen (secondary N) is 2. The van der Waals surface area contributed by atoms with Crippen molar-refractivity contribution in [3.8, 4) is 0 Å². The van der Waals surface area contributed by atoms with E-state index < -0.39 is 11.6 Å². The highest BCUT2D eigenvalue weighted by molar-refractivity contribution is 5.92. The molecule has 0 bridgehead atoms. The molecule has 158 valence electrons. The van der Waals surface area contributed by atoms with Crippen LogP contribution >= 0.6 is 0 Å². The van der Waals surface area contributed by atoms with E-state index in [1.807, 2.05) is 13.8 Å². The van der Waals surface area contributed by atoms with Gasteiger partial charge in [0.25, 0.3) is 5.91 Å². The third-order valence-corrected chi connectivity index (χ3v) is 6.47. The normalized spacial score (nSPS) is 27.2. The number of carbonyl (C=O) groups excluding carboxylic acids is 1. The van der Waals surface area contributed by atoms with Crippen molar-refractivity contribution in [1.82, 2.24) is 20.4 Å². The number of piperidine rings is 1. The van der Waals surface area contributed by atoms with Gasteiger partial charge in [0.05, 0.1) is 29.5 Å². The van der Waals surface area contributed by atoms with E-state index in [0.29, 0.717) is 18.7 Å². The Hall–Kier alpha value is -2.16. The number of amides is 1. The van der Waals surface area contributed by atoms with Crippen LogP contribution in [0.25, 0.3) is 0 Å². The van der Waals surface area contributed by atoms with E-state index in [0.717, 1.165) is 49.5 Å². The van der Waals surface area contributed by atoms with Crippen molar-refractivity contribution in [3.05, 3.63) is 41.0 Å². The summed E-state index contributed by atoms with van der Waals surface area (Å²) in [5, 5.41) is 18.1. The maximum atomic E-state index is 12.4. The van der Waals surface area contributed by atoms with Gasteiger partial charge in [-0.1, -0.05) is 5.16 Å². The molecule has 2 fully saturated rings. The molecule has 8 heteroatoms. The molecule has 2 saturated heterocycles. The molecule has 0 radical (unpaired) electrons. The van der Waals surface area contributed by atoms with Crippen LogP contribution in [0, 0.1) is 13.8 Å². The zero-order valence-corrected chi connectivity index (χ0v) is 17.3. The number of nitrogens with zero attached hydrogens (tertiary/aromatic N) is 2. The van der Waals surface area contributed by atoms with Crippen LogP contribution < -0.4 is 5.32 Å². The Morgan fingerprint density at radius 1 is 1.41 bits per heavy atom. The summed E-state index contributed by atoms with van der Waals surface area (Å²) in [5.74, 6) is 0.648. The molecular formula is C21H30N4O4. The first kappa shape index (κ1) is 20.1. The summed E-state index contributed by atoms with van der Waals surface area (Å²) in [5.41, 5.74) is 1.22. The zero-order valence-electron chi connectivity index (χ0n) is 17.3. The molecule has 2 aromatic rings. The smallest absolute Gasteiger partial charge is 0.268 e. The highest BCUT2D eigenvalue weighted by Gasteiger charge is 2.49. The van der Waals surface area contributed by atoms with Crippen molar-refractivity contribution in [2.75, 3.05) is 19.7 Å². The summed E-state index contributed by atoms with van der Waals surface area (Å²) >= 11 is 0. The maximum Gasteiger partial charge on any atom is 0.268 e. The van der Waals surface area contributed by atoms with Crippen LogP contribution in [0.2, 0.25) is 0 Å². The number of hydrogen-bond acceptors (Lipinski definition) is 6. The second kappa shape index (κ2) is 7.59. The lowest BCUT2D eigenvalue weighted by atomic mass is 9.75. The summed E-state index contributed by atoms with van der Waals surface area (Å²) in [6.45, 7) is 8.63. The van der Waals surface area contributed by atoms with Gasteiger partial charge in [-0.15, -0.1) is 0 Å². The molecule has 4 heterocycles. The number of hydrogen-bond donors (Lipinski definition) is 3. The molecule has 29 heavy (non-hydrogen) atoms. The number of ether oxygens (including phenoxy) is 1. The van der Waals surface area contributed by atoms with Crippen molar-refractivity contribution in [2.24, 2.45) is 0 Å². The van der Waals surface area contributed by atoms with Crippen LogP contribution in [-0.4, -0.2) is 63.0 Å². The average molecular weight is 402 g/mol. The van der Waals surface area contributed by atoms with Gasteiger partial charge in [0.15, 0.2) is 0 Å². The molecule has 2 aliphatic rings. The molecular weight excluding hydrogens is 372 g/mol. The van der Waals surface area contributed by atoms with Crippen molar-refractivity contribution < 1.29 is 19.2 Å². The minimum Gasteiger partial charge on any atom is -0.388 e. The number of H-pyrrole nitrogens is 1. The molecule has 3 N–H and O–H groups in total. The summed E-state index contributed by atoms with van der Waals surface area (Å²) in [6.07, 6.45) is 3.91. The molecule has 1 spiro atoms. The summed E-state index contributed by atoms with van der Waals surface area (Å²) in [4.78, 5) is 17.6. The molecule has 1 amide bonds. The molecule has 4 rings (SSSR count). The molecule has 0 aromatic carbocycles. The number of carbonyl (C=O) groups is 1. The van der Waals surface area contributed by atoms with E-state index in [-0.39, 0.29) is 11.5 Å². The Kier molecular flexibility index (Phi) is 5.27. The Labute approximate surface area is 170 Å². The molecule has 0 saturated carbocycles. The van der Waals surface area contributed by atoms with E-state index in [4.69, 9.17) is 9.26 Å².